The van der Waals surface area contributed by atoms with Gasteiger partial charge in [0.2, 0.25) is 0 Å². The Labute approximate surface area is 123 Å². The number of amides is 1. The first-order valence-electron chi connectivity index (χ1n) is 7.49. The third-order valence-corrected chi connectivity index (χ3v) is 3.79. The molecular weight excluding hydrogens is 268 g/mol. The number of hydrogen-bond acceptors (Lipinski definition) is 4. The van der Waals surface area contributed by atoms with Gasteiger partial charge in [-0.1, -0.05) is 6.92 Å². The van der Waals surface area contributed by atoms with E-state index in [-0.39, 0.29) is 12.0 Å². The van der Waals surface area contributed by atoms with Crippen LogP contribution in [-0.2, 0) is 4.74 Å². The van der Waals surface area contributed by atoms with Crippen molar-refractivity contribution in [2.45, 2.75) is 32.3 Å². The normalized spacial score (nSPS) is 19.1. The van der Waals surface area contributed by atoms with E-state index in [9.17, 15) is 4.79 Å². The van der Waals surface area contributed by atoms with Crippen molar-refractivity contribution in [1.82, 2.24) is 20.3 Å². The number of ether oxygens (including phenoxy) is 1. The number of H-pyrrole nitrogens is 1. The van der Waals surface area contributed by atoms with Crippen molar-refractivity contribution in [3.63, 3.8) is 0 Å². The lowest BCUT2D eigenvalue weighted by atomic mass is 10.1. The van der Waals surface area contributed by atoms with Gasteiger partial charge in [-0.05, 0) is 37.5 Å². The number of carbonyl (C=O) groups is 1. The highest BCUT2D eigenvalue weighted by molar-refractivity contribution is 5.97. The number of carbonyl (C=O) groups excluding carboxylic acids is 1. The topological polar surface area (TPSA) is 71.1 Å². The van der Waals surface area contributed by atoms with Crippen LogP contribution < -0.4 is 0 Å². The minimum atomic E-state index is 0.0460. The zero-order valence-electron chi connectivity index (χ0n) is 12.2. The number of fused-ring (bicyclic) bond motifs is 1. The highest BCUT2D eigenvalue weighted by Crippen LogP contribution is 2.18. The zero-order valence-corrected chi connectivity index (χ0v) is 12.2. The third-order valence-electron chi connectivity index (χ3n) is 3.79. The second-order valence-electron chi connectivity index (χ2n) is 5.41. The number of nitrogens with zero attached hydrogens (tertiary/aromatic N) is 3. The number of benzene rings is 1. The van der Waals surface area contributed by atoms with E-state index in [4.69, 9.17) is 4.74 Å². The molecule has 0 radical (unpaired) electrons. The Bertz CT molecular complexity index is 625. The lowest BCUT2D eigenvalue weighted by Crippen LogP contribution is -2.43. The van der Waals surface area contributed by atoms with Crippen LogP contribution in [0, 0.1) is 0 Å². The smallest absolute Gasteiger partial charge is 0.254 e. The lowest BCUT2D eigenvalue weighted by molar-refractivity contribution is 0.00212. The van der Waals surface area contributed by atoms with Crippen molar-refractivity contribution in [1.29, 1.82) is 0 Å². The van der Waals surface area contributed by atoms with Crippen molar-refractivity contribution in [2.24, 2.45) is 0 Å². The van der Waals surface area contributed by atoms with Crippen molar-refractivity contribution < 1.29 is 9.53 Å². The minimum Gasteiger partial charge on any atom is -0.376 e. The molecule has 1 aromatic carbocycles. The Morgan fingerprint density at radius 3 is 3.14 bits per heavy atom. The monoisotopic (exact) mass is 288 g/mol. The summed E-state index contributed by atoms with van der Waals surface area (Å²) >= 11 is 0. The van der Waals surface area contributed by atoms with E-state index in [0.29, 0.717) is 12.1 Å². The van der Waals surface area contributed by atoms with Crippen LogP contribution >= 0.6 is 0 Å². The van der Waals surface area contributed by atoms with Crippen LogP contribution in [0.4, 0.5) is 0 Å². The van der Waals surface area contributed by atoms with Gasteiger partial charge in [-0.25, -0.2) is 0 Å². The predicted molar refractivity (Wildman–Crippen MR) is 79.1 cm³/mol. The average molecular weight is 288 g/mol. The maximum atomic E-state index is 12.6. The number of hydrogen-bond donors (Lipinski definition) is 1. The molecule has 1 atom stereocenters. The Morgan fingerprint density at radius 1 is 1.43 bits per heavy atom. The van der Waals surface area contributed by atoms with E-state index in [1.165, 1.54) is 0 Å². The van der Waals surface area contributed by atoms with Crippen LogP contribution in [0.1, 0.15) is 36.5 Å². The van der Waals surface area contributed by atoms with E-state index >= 15 is 0 Å². The van der Waals surface area contributed by atoms with Crippen molar-refractivity contribution in [3.8, 4) is 0 Å². The Hall–Kier alpha value is -1.95. The van der Waals surface area contributed by atoms with Gasteiger partial charge in [0.25, 0.3) is 5.91 Å². The first-order valence-corrected chi connectivity index (χ1v) is 7.49. The largest absolute Gasteiger partial charge is 0.376 e. The Kier molecular flexibility index (Phi) is 4.15. The summed E-state index contributed by atoms with van der Waals surface area (Å²) in [6, 6.07) is 5.42. The summed E-state index contributed by atoms with van der Waals surface area (Å²) in [5.74, 6) is 0.0460. The standard InChI is InChI=1S/C15H20N4O2/c1-2-8-21-12-4-3-7-19(10-12)15(20)11-5-6-13-14(9-11)17-18-16-13/h5-6,9,12H,2-4,7-8,10H2,1H3,(H,16,17,18)/t12-/m0/s1. The predicted octanol–water partition coefficient (Wildman–Crippen LogP) is 1.99. The fraction of sp³-hybridized carbons (Fsp3) is 0.533. The number of likely N-dealkylation sites (tertiary alicyclic amines) is 1. The average Bonchev–Trinajstić information content (AvgIpc) is 3.00. The molecule has 1 N–H and O–H groups in total. The molecule has 0 saturated carbocycles. The summed E-state index contributed by atoms with van der Waals surface area (Å²) < 4.78 is 5.78. The van der Waals surface area contributed by atoms with E-state index in [1.54, 1.807) is 6.07 Å². The van der Waals surface area contributed by atoms with Gasteiger partial charge in [-0.3, -0.25) is 4.79 Å². The molecule has 6 nitrogen and oxygen atoms in total. The number of aromatic nitrogens is 3. The Morgan fingerprint density at radius 2 is 2.29 bits per heavy atom. The summed E-state index contributed by atoms with van der Waals surface area (Å²) in [5, 5.41) is 10.6. The van der Waals surface area contributed by atoms with Gasteiger partial charge < -0.3 is 9.64 Å². The molecular formula is C15H20N4O2. The Balaban J connectivity index is 1.71. The van der Waals surface area contributed by atoms with E-state index in [2.05, 4.69) is 22.3 Å². The van der Waals surface area contributed by atoms with Crippen molar-refractivity contribution >= 4 is 16.9 Å². The van der Waals surface area contributed by atoms with Gasteiger partial charge in [-0.15, -0.1) is 0 Å². The molecule has 0 bridgehead atoms. The molecule has 0 unspecified atom stereocenters. The molecule has 1 fully saturated rings. The molecule has 0 spiro atoms. The quantitative estimate of drug-likeness (QED) is 0.934. The molecule has 1 aromatic heterocycles. The number of aromatic amines is 1. The van der Waals surface area contributed by atoms with E-state index < -0.39 is 0 Å². The number of piperidine rings is 1. The molecule has 21 heavy (non-hydrogen) atoms. The first kappa shape index (κ1) is 14.0. The minimum absolute atomic E-state index is 0.0460. The van der Waals surface area contributed by atoms with Crippen LogP contribution in [0.15, 0.2) is 18.2 Å². The second kappa shape index (κ2) is 6.22. The van der Waals surface area contributed by atoms with Crippen LogP contribution in [-0.4, -0.2) is 52.0 Å². The molecule has 2 heterocycles. The summed E-state index contributed by atoms with van der Waals surface area (Å²) in [6.07, 6.45) is 3.20. The van der Waals surface area contributed by atoms with Gasteiger partial charge in [0.05, 0.1) is 6.10 Å². The molecule has 112 valence electrons. The molecule has 1 aliphatic heterocycles. The molecule has 3 rings (SSSR count). The van der Waals surface area contributed by atoms with Crippen LogP contribution in [0.25, 0.3) is 11.0 Å². The molecule has 6 heteroatoms. The van der Waals surface area contributed by atoms with Crippen molar-refractivity contribution in [2.75, 3.05) is 19.7 Å². The second-order valence-corrected chi connectivity index (χ2v) is 5.41. The summed E-state index contributed by atoms with van der Waals surface area (Å²) in [7, 11) is 0. The highest BCUT2D eigenvalue weighted by atomic mass is 16.5. The number of rotatable bonds is 4. The van der Waals surface area contributed by atoms with Gasteiger partial charge in [0, 0.05) is 25.3 Å². The molecule has 1 aliphatic rings. The SMILES string of the molecule is CCCO[C@H]1CCCN(C(=O)c2ccc3n[nH]nc3c2)C1. The van der Waals surface area contributed by atoms with Crippen LogP contribution in [0.2, 0.25) is 0 Å². The number of nitrogens with one attached hydrogen (secondary N) is 1. The molecule has 1 saturated heterocycles. The van der Waals surface area contributed by atoms with Gasteiger partial charge in [0.15, 0.2) is 0 Å². The van der Waals surface area contributed by atoms with Crippen LogP contribution in [0.3, 0.4) is 0 Å². The van der Waals surface area contributed by atoms with E-state index in [0.717, 1.165) is 43.4 Å². The highest BCUT2D eigenvalue weighted by Gasteiger charge is 2.25. The van der Waals surface area contributed by atoms with E-state index in [1.807, 2.05) is 17.0 Å². The summed E-state index contributed by atoms with van der Waals surface area (Å²) in [5.41, 5.74) is 2.15. The molecule has 1 amide bonds. The first-order chi connectivity index (χ1) is 10.3. The fourth-order valence-corrected chi connectivity index (χ4v) is 2.70. The third kappa shape index (κ3) is 3.05. The molecule has 2 aromatic rings. The maximum absolute atomic E-state index is 12.6. The molecule has 0 aliphatic carbocycles. The van der Waals surface area contributed by atoms with Crippen molar-refractivity contribution in [3.05, 3.63) is 23.8 Å². The summed E-state index contributed by atoms with van der Waals surface area (Å²) in [4.78, 5) is 14.5. The zero-order chi connectivity index (χ0) is 14.7. The maximum Gasteiger partial charge on any atom is 0.254 e. The van der Waals surface area contributed by atoms with Gasteiger partial charge >= 0.3 is 0 Å². The van der Waals surface area contributed by atoms with Gasteiger partial charge in [-0.2, -0.15) is 15.4 Å². The van der Waals surface area contributed by atoms with Gasteiger partial charge in [0.1, 0.15) is 11.0 Å². The fourth-order valence-electron chi connectivity index (χ4n) is 2.70. The summed E-state index contributed by atoms with van der Waals surface area (Å²) in [6.45, 7) is 4.33. The lowest BCUT2D eigenvalue weighted by Gasteiger charge is -2.32. The van der Waals surface area contributed by atoms with Crippen LogP contribution in [0.5, 0.6) is 0 Å².